The van der Waals surface area contributed by atoms with E-state index < -0.39 is 0 Å². The largest absolute Gasteiger partial charge is 0.330 e. The van der Waals surface area contributed by atoms with Crippen LogP contribution in [0.5, 0.6) is 0 Å². The summed E-state index contributed by atoms with van der Waals surface area (Å²) in [6.45, 7) is 9.27. The van der Waals surface area contributed by atoms with Crippen LogP contribution in [-0.4, -0.2) is 16.3 Å². The Bertz CT molecular complexity index is 586. The maximum absolute atomic E-state index is 5.66. The van der Waals surface area contributed by atoms with E-state index in [0.717, 1.165) is 12.1 Å². The smallest absolute Gasteiger partial charge is 0.0716 e. The van der Waals surface area contributed by atoms with Gasteiger partial charge in [-0.1, -0.05) is 17.7 Å². The molecule has 0 radical (unpaired) electrons. The van der Waals surface area contributed by atoms with Crippen molar-refractivity contribution in [2.45, 2.75) is 34.1 Å². The summed E-state index contributed by atoms with van der Waals surface area (Å²) in [6, 6.07) is 4.47. The third-order valence-electron chi connectivity index (χ3n) is 3.68. The Morgan fingerprint density at radius 2 is 1.68 bits per heavy atom. The Morgan fingerprint density at radius 1 is 1.11 bits per heavy atom. The minimum atomic E-state index is 0.642. The van der Waals surface area contributed by atoms with Crippen molar-refractivity contribution >= 4 is 0 Å². The van der Waals surface area contributed by atoms with Gasteiger partial charge in [0.1, 0.15) is 0 Å². The number of nitrogens with two attached hydrogens (primary N) is 1. The number of nitrogens with zero attached hydrogens (tertiary/aromatic N) is 2. The lowest BCUT2D eigenvalue weighted by molar-refractivity contribution is 0.744. The lowest BCUT2D eigenvalue weighted by atomic mass is 9.94. The van der Waals surface area contributed by atoms with Gasteiger partial charge in [-0.15, -0.1) is 0 Å². The highest BCUT2D eigenvalue weighted by molar-refractivity contribution is 5.71. The molecule has 0 saturated heterocycles. The summed E-state index contributed by atoms with van der Waals surface area (Å²) in [4.78, 5) is 0. The summed E-state index contributed by atoms with van der Waals surface area (Å²) in [7, 11) is 2.01. The second-order valence-corrected chi connectivity index (χ2v) is 5.36. The van der Waals surface area contributed by atoms with E-state index in [1.54, 1.807) is 0 Å². The van der Waals surface area contributed by atoms with Crippen LogP contribution >= 0.6 is 0 Å². The minimum Gasteiger partial charge on any atom is -0.330 e. The summed E-state index contributed by atoms with van der Waals surface area (Å²) >= 11 is 0. The van der Waals surface area contributed by atoms with Gasteiger partial charge in [0.2, 0.25) is 0 Å². The van der Waals surface area contributed by atoms with Gasteiger partial charge in [-0.3, -0.25) is 4.68 Å². The number of hydrogen-bond donors (Lipinski definition) is 1. The first kappa shape index (κ1) is 13.8. The molecule has 3 nitrogen and oxygen atoms in total. The second kappa shape index (κ2) is 5.17. The fourth-order valence-electron chi connectivity index (χ4n) is 2.96. The van der Waals surface area contributed by atoms with Crippen molar-refractivity contribution in [2.75, 3.05) is 6.54 Å². The zero-order valence-electron chi connectivity index (χ0n) is 12.5. The predicted molar refractivity (Wildman–Crippen MR) is 80.4 cm³/mol. The van der Waals surface area contributed by atoms with Crippen LogP contribution in [0.15, 0.2) is 12.1 Å². The molecule has 1 aromatic carbocycles. The second-order valence-electron chi connectivity index (χ2n) is 5.36. The highest BCUT2D eigenvalue weighted by Gasteiger charge is 2.17. The van der Waals surface area contributed by atoms with Crippen molar-refractivity contribution in [3.05, 3.63) is 40.1 Å². The van der Waals surface area contributed by atoms with Crippen LogP contribution in [0, 0.1) is 27.7 Å². The van der Waals surface area contributed by atoms with Crippen LogP contribution in [-0.2, 0) is 13.5 Å². The molecule has 102 valence electrons. The van der Waals surface area contributed by atoms with E-state index in [1.165, 1.54) is 33.5 Å². The Kier molecular flexibility index (Phi) is 3.76. The quantitative estimate of drug-likeness (QED) is 0.919. The first-order chi connectivity index (χ1) is 8.95. The Labute approximate surface area is 115 Å². The average molecular weight is 257 g/mol. The number of rotatable bonds is 3. The molecule has 0 aliphatic carbocycles. The van der Waals surface area contributed by atoms with Gasteiger partial charge < -0.3 is 5.73 Å². The zero-order chi connectivity index (χ0) is 14.2. The molecule has 2 aromatic rings. The third-order valence-corrected chi connectivity index (χ3v) is 3.68. The van der Waals surface area contributed by atoms with Gasteiger partial charge in [0.25, 0.3) is 0 Å². The van der Waals surface area contributed by atoms with E-state index >= 15 is 0 Å². The van der Waals surface area contributed by atoms with Crippen LogP contribution in [0.25, 0.3) is 11.3 Å². The average Bonchev–Trinajstić information content (AvgIpc) is 2.56. The molecular weight excluding hydrogens is 234 g/mol. The normalized spacial score (nSPS) is 11.1. The Morgan fingerprint density at radius 3 is 2.21 bits per heavy atom. The standard InChI is InChI=1S/C16H23N3/c1-10-8-11(2)15(12(3)9-10)16-13(4)14(6-7-17)18-19(16)5/h8-9H,6-7,17H2,1-5H3. The highest BCUT2D eigenvalue weighted by atomic mass is 15.3. The molecule has 0 bridgehead atoms. The summed E-state index contributed by atoms with van der Waals surface area (Å²) < 4.78 is 1.99. The summed E-state index contributed by atoms with van der Waals surface area (Å²) in [5.41, 5.74) is 14.5. The molecule has 1 aromatic heterocycles. The van der Waals surface area contributed by atoms with Gasteiger partial charge in [0.05, 0.1) is 11.4 Å². The van der Waals surface area contributed by atoms with Gasteiger partial charge in [0, 0.05) is 19.0 Å². The molecule has 0 amide bonds. The molecule has 0 spiro atoms. The maximum Gasteiger partial charge on any atom is 0.0716 e. The predicted octanol–water partition coefficient (Wildman–Crippen LogP) is 2.82. The highest BCUT2D eigenvalue weighted by Crippen LogP contribution is 2.31. The van der Waals surface area contributed by atoms with Gasteiger partial charge >= 0.3 is 0 Å². The molecule has 1 heterocycles. The maximum atomic E-state index is 5.66. The molecule has 2 N–H and O–H groups in total. The SMILES string of the molecule is Cc1cc(C)c(-c2c(C)c(CCN)nn2C)c(C)c1. The van der Waals surface area contributed by atoms with Crippen LogP contribution in [0.1, 0.15) is 27.9 Å². The summed E-state index contributed by atoms with van der Waals surface area (Å²) in [5, 5.41) is 4.62. The molecule has 3 heteroatoms. The van der Waals surface area contributed by atoms with Crippen molar-refractivity contribution in [3.8, 4) is 11.3 Å². The number of aryl methyl sites for hydroxylation is 4. The van der Waals surface area contributed by atoms with E-state index in [4.69, 9.17) is 5.73 Å². The molecule has 0 unspecified atom stereocenters. The summed E-state index contributed by atoms with van der Waals surface area (Å²) in [5.74, 6) is 0. The zero-order valence-corrected chi connectivity index (χ0v) is 12.5. The molecule has 19 heavy (non-hydrogen) atoms. The van der Waals surface area contributed by atoms with Crippen LogP contribution < -0.4 is 5.73 Å². The Hall–Kier alpha value is -1.61. The summed E-state index contributed by atoms with van der Waals surface area (Å²) in [6.07, 6.45) is 0.837. The number of hydrogen-bond acceptors (Lipinski definition) is 2. The minimum absolute atomic E-state index is 0.642. The molecule has 2 rings (SSSR count). The van der Waals surface area contributed by atoms with E-state index in [2.05, 4.69) is 44.9 Å². The molecule has 0 fully saturated rings. The number of aromatic nitrogens is 2. The molecular formula is C16H23N3. The van der Waals surface area contributed by atoms with Crippen LogP contribution in [0.2, 0.25) is 0 Å². The first-order valence-corrected chi connectivity index (χ1v) is 6.76. The van der Waals surface area contributed by atoms with E-state index in [0.29, 0.717) is 6.54 Å². The topological polar surface area (TPSA) is 43.8 Å². The first-order valence-electron chi connectivity index (χ1n) is 6.76. The fraction of sp³-hybridized carbons (Fsp3) is 0.438. The Balaban J connectivity index is 2.66. The van der Waals surface area contributed by atoms with Crippen LogP contribution in [0.3, 0.4) is 0 Å². The van der Waals surface area contributed by atoms with Crippen molar-refractivity contribution in [3.63, 3.8) is 0 Å². The van der Waals surface area contributed by atoms with Crippen LogP contribution in [0.4, 0.5) is 0 Å². The monoisotopic (exact) mass is 257 g/mol. The fourth-order valence-corrected chi connectivity index (χ4v) is 2.96. The van der Waals surface area contributed by atoms with E-state index in [9.17, 15) is 0 Å². The molecule has 0 atom stereocenters. The molecule has 0 saturated carbocycles. The van der Waals surface area contributed by atoms with Crippen molar-refractivity contribution in [1.82, 2.24) is 9.78 Å². The molecule has 0 aliphatic rings. The van der Waals surface area contributed by atoms with E-state index in [1.807, 2.05) is 11.7 Å². The molecule has 0 aliphatic heterocycles. The van der Waals surface area contributed by atoms with Crippen molar-refractivity contribution in [1.29, 1.82) is 0 Å². The van der Waals surface area contributed by atoms with Gasteiger partial charge in [0.15, 0.2) is 0 Å². The van der Waals surface area contributed by atoms with Gasteiger partial charge in [-0.05, 0) is 50.9 Å². The lowest BCUT2D eigenvalue weighted by Crippen LogP contribution is -2.04. The third kappa shape index (κ3) is 2.43. The van der Waals surface area contributed by atoms with Gasteiger partial charge in [-0.25, -0.2) is 0 Å². The van der Waals surface area contributed by atoms with Crippen molar-refractivity contribution in [2.24, 2.45) is 12.8 Å². The van der Waals surface area contributed by atoms with E-state index in [-0.39, 0.29) is 0 Å². The lowest BCUT2D eigenvalue weighted by Gasteiger charge is -2.13. The number of benzene rings is 1. The van der Waals surface area contributed by atoms with Gasteiger partial charge in [-0.2, -0.15) is 5.10 Å². The van der Waals surface area contributed by atoms with Crippen molar-refractivity contribution < 1.29 is 0 Å².